The SMILES string of the molecule is COCCCNc1c(F)cccc1-n1cc(C#N)c(N)c1C(=O)OC. The average Bonchev–Trinajstić information content (AvgIpc) is 2.95. The maximum Gasteiger partial charge on any atom is 0.357 e. The third-order valence-corrected chi connectivity index (χ3v) is 3.62. The molecule has 1 aromatic carbocycles. The lowest BCUT2D eigenvalue weighted by Gasteiger charge is -2.15. The van der Waals surface area contributed by atoms with Gasteiger partial charge in [-0.15, -0.1) is 0 Å². The van der Waals surface area contributed by atoms with Crippen molar-refractivity contribution in [2.24, 2.45) is 0 Å². The lowest BCUT2D eigenvalue weighted by atomic mass is 10.2. The number of nitrogens with two attached hydrogens (primary N) is 1. The number of rotatable bonds is 7. The summed E-state index contributed by atoms with van der Waals surface area (Å²) < 4.78 is 25.4. The molecule has 0 aliphatic carbocycles. The standard InChI is InChI=1S/C17H19FN4O3/c1-24-8-4-7-21-15-12(18)5-3-6-13(15)22-10-11(9-19)14(20)16(22)17(23)25-2/h3,5-6,10,21H,4,7-8,20H2,1-2H3. The molecule has 25 heavy (non-hydrogen) atoms. The zero-order valence-electron chi connectivity index (χ0n) is 14.0. The van der Waals surface area contributed by atoms with Crippen LogP contribution in [0.5, 0.6) is 0 Å². The minimum atomic E-state index is -0.714. The third-order valence-electron chi connectivity index (χ3n) is 3.62. The van der Waals surface area contributed by atoms with Crippen molar-refractivity contribution in [3.05, 3.63) is 41.5 Å². The molecule has 1 aromatic heterocycles. The van der Waals surface area contributed by atoms with E-state index in [1.54, 1.807) is 13.2 Å². The van der Waals surface area contributed by atoms with Gasteiger partial charge in [0.1, 0.15) is 11.9 Å². The van der Waals surface area contributed by atoms with Crippen LogP contribution in [-0.4, -0.2) is 37.9 Å². The van der Waals surface area contributed by atoms with Crippen molar-refractivity contribution in [1.29, 1.82) is 5.26 Å². The Morgan fingerprint density at radius 3 is 2.84 bits per heavy atom. The highest BCUT2D eigenvalue weighted by atomic mass is 19.1. The number of carbonyl (C=O) groups is 1. The van der Waals surface area contributed by atoms with Gasteiger partial charge in [0, 0.05) is 26.5 Å². The van der Waals surface area contributed by atoms with E-state index in [1.165, 1.54) is 30.0 Å². The fourth-order valence-corrected chi connectivity index (χ4v) is 2.42. The second kappa shape index (κ2) is 8.17. The molecule has 0 aliphatic heterocycles. The molecule has 0 spiro atoms. The first-order chi connectivity index (χ1) is 12.0. The Balaban J connectivity index is 2.53. The number of nitriles is 1. The van der Waals surface area contributed by atoms with Gasteiger partial charge in [0.2, 0.25) is 0 Å². The fourth-order valence-electron chi connectivity index (χ4n) is 2.42. The van der Waals surface area contributed by atoms with Crippen molar-refractivity contribution in [3.63, 3.8) is 0 Å². The van der Waals surface area contributed by atoms with Gasteiger partial charge in [-0.2, -0.15) is 5.26 Å². The van der Waals surface area contributed by atoms with Crippen molar-refractivity contribution in [2.75, 3.05) is 38.4 Å². The number of halogens is 1. The van der Waals surface area contributed by atoms with E-state index >= 15 is 0 Å². The van der Waals surface area contributed by atoms with E-state index < -0.39 is 11.8 Å². The molecule has 0 amide bonds. The molecule has 7 nitrogen and oxygen atoms in total. The molecule has 0 aliphatic rings. The van der Waals surface area contributed by atoms with Gasteiger partial charge < -0.3 is 25.1 Å². The minimum absolute atomic E-state index is 0.0102. The maximum atomic E-state index is 14.3. The number of esters is 1. The number of nitrogens with zero attached hydrogens (tertiary/aromatic N) is 2. The molecule has 0 saturated carbocycles. The van der Waals surface area contributed by atoms with Gasteiger partial charge in [-0.3, -0.25) is 0 Å². The number of benzene rings is 1. The summed E-state index contributed by atoms with van der Waals surface area (Å²) in [5.41, 5.74) is 6.50. The molecule has 2 rings (SSSR count). The summed E-state index contributed by atoms with van der Waals surface area (Å²) in [7, 11) is 2.80. The largest absolute Gasteiger partial charge is 0.464 e. The smallest absolute Gasteiger partial charge is 0.357 e. The number of anilines is 2. The van der Waals surface area contributed by atoms with Crippen LogP contribution in [-0.2, 0) is 9.47 Å². The van der Waals surface area contributed by atoms with Gasteiger partial charge in [0.15, 0.2) is 5.69 Å². The zero-order chi connectivity index (χ0) is 18.4. The predicted molar refractivity (Wildman–Crippen MR) is 91.2 cm³/mol. The van der Waals surface area contributed by atoms with Gasteiger partial charge in [0.05, 0.1) is 29.7 Å². The Hall–Kier alpha value is -3.05. The van der Waals surface area contributed by atoms with Crippen LogP contribution in [0.25, 0.3) is 5.69 Å². The van der Waals surface area contributed by atoms with Gasteiger partial charge in [0.25, 0.3) is 0 Å². The zero-order valence-corrected chi connectivity index (χ0v) is 14.0. The van der Waals surface area contributed by atoms with E-state index in [1.807, 2.05) is 6.07 Å². The van der Waals surface area contributed by atoms with E-state index in [9.17, 15) is 14.4 Å². The summed E-state index contributed by atoms with van der Waals surface area (Å²) in [5, 5.41) is 12.2. The summed E-state index contributed by atoms with van der Waals surface area (Å²) >= 11 is 0. The van der Waals surface area contributed by atoms with Crippen molar-refractivity contribution >= 4 is 17.3 Å². The van der Waals surface area contributed by atoms with Crippen molar-refractivity contribution in [2.45, 2.75) is 6.42 Å². The summed E-state index contributed by atoms with van der Waals surface area (Å²) in [6, 6.07) is 6.35. The number of para-hydroxylation sites is 1. The number of hydrogen-bond acceptors (Lipinski definition) is 6. The highest BCUT2D eigenvalue weighted by molar-refractivity contribution is 5.96. The molecular formula is C17H19FN4O3. The lowest BCUT2D eigenvalue weighted by molar-refractivity contribution is 0.0593. The van der Waals surface area contributed by atoms with E-state index in [4.69, 9.17) is 15.2 Å². The quantitative estimate of drug-likeness (QED) is 0.589. The molecule has 0 unspecified atom stereocenters. The highest BCUT2D eigenvalue weighted by Crippen LogP contribution is 2.30. The van der Waals surface area contributed by atoms with Gasteiger partial charge in [-0.1, -0.05) is 6.07 Å². The Morgan fingerprint density at radius 1 is 1.44 bits per heavy atom. The Morgan fingerprint density at radius 2 is 2.20 bits per heavy atom. The molecule has 0 atom stereocenters. The molecule has 1 heterocycles. The number of ether oxygens (including phenoxy) is 2. The molecule has 0 bridgehead atoms. The monoisotopic (exact) mass is 346 g/mol. The first kappa shape index (κ1) is 18.3. The van der Waals surface area contributed by atoms with Crippen LogP contribution >= 0.6 is 0 Å². The van der Waals surface area contributed by atoms with Gasteiger partial charge >= 0.3 is 5.97 Å². The van der Waals surface area contributed by atoms with Crippen LogP contribution in [0.3, 0.4) is 0 Å². The van der Waals surface area contributed by atoms with E-state index in [-0.39, 0.29) is 22.6 Å². The van der Waals surface area contributed by atoms with Crippen LogP contribution < -0.4 is 11.1 Å². The van der Waals surface area contributed by atoms with Gasteiger partial charge in [-0.25, -0.2) is 9.18 Å². The molecule has 0 saturated heterocycles. The minimum Gasteiger partial charge on any atom is -0.464 e. The molecule has 8 heteroatoms. The molecule has 0 fully saturated rings. The fraction of sp³-hybridized carbons (Fsp3) is 0.294. The molecular weight excluding hydrogens is 327 g/mol. The highest BCUT2D eigenvalue weighted by Gasteiger charge is 2.23. The van der Waals surface area contributed by atoms with Crippen LogP contribution in [0.1, 0.15) is 22.5 Å². The second-order valence-electron chi connectivity index (χ2n) is 5.19. The lowest BCUT2D eigenvalue weighted by Crippen LogP contribution is -2.14. The summed E-state index contributed by atoms with van der Waals surface area (Å²) in [5.74, 6) is -1.20. The number of aromatic nitrogens is 1. The van der Waals surface area contributed by atoms with Crippen LogP contribution in [0.4, 0.5) is 15.8 Å². The topological polar surface area (TPSA) is 102 Å². The number of hydrogen-bond donors (Lipinski definition) is 2. The van der Waals surface area contributed by atoms with Crippen molar-refractivity contribution in [3.8, 4) is 11.8 Å². The molecule has 0 radical (unpaired) electrons. The second-order valence-corrected chi connectivity index (χ2v) is 5.19. The average molecular weight is 346 g/mol. The van der Waals surface area contributed by atoms with Crippen molar-refractivity contribution < 1.29 is 18.7 Å². The molecule has 132 valence electrons. The van der Waals surface area contributed by atoms with Crippen LogP contribution in [0, 0.1) is 17.1 Å². The Labute approximate surface area is 144 Å². The third kappa shape index (κ3) is 3.72. The normalized spacial score (nSPS) is 10.3. The number of carbonyl (C=O) groups excluding carboxylic acids is 1. The van der Waals surface area contributed by atoms with E-state index in [0.29, 0.717) is 25.3 Å². The molecule has 3 N–H and O–H groups in total. The first-order valence-corrected chi connectivity index (χ1v) is 7.56. The molecule has 2 aromatic rings. The van der Waals surface area contributed by atoms with E-state index in [2.05, 4.69) is 5.32 Å². The maximum absolute atomic E-state index is 14.3. The Kier molecular flexibility index (Phi) is 5.98. The summed E-state index contributed by atoms with van der Waals surface area (Å²) in [6.45, 7) is 0.996. The number of methoxy groups -OCH3 is 2. The number of nitrogen functional groups attached to an aromatic ring is 1. The number of nitrogens with one attached hydrogen (secondary N) is 1. The van der Waals surface area contributed by atoms with Crippen molar-refractivity contribution in [1.82, 2.24) is 4.57 Å². The van der Waals surface area contributed by atoms with Crippen LogP contribution in [0.2, 0.25) is 0 Å². The first-order valence-electron chi connectivity index (χ1n) is 7.56. The summed E-state index contributed by atoms with van der Waals surface area (Å²) in [6.07, 6.45) is 2.06. The summed E-state index contributed by atoms with van der Waals surface area (Å²) in [4.78, 5) is 12.1. The Bertz CT molecular complexity index is 811. The van der Waals surface area contributed by atoms with Gasteiger partial charge in [-0.05, 0) is 18.6 Å². The van der Waals surface area contributed by atoms with Crippen LogP contribution in [0.15, 0.2) is 24.4 Å². The predicted octanol–water partition coefficient (Wildman–Crippen LogP) is 2.31. The van der Waals surface area contributed by atoms with E-state index in [0.717, 1.165) is 0 Å².